The molecule has 0 radical (unpaired) electrons. The Morgan fingerprint density at radius 3 is 2.68 bits per heavy atom. The zero-order valence-corrected chi connectivity index (χ0v) is 17.3. The van der Waals surface area contributed by atoms with Gasteiger partial charge in [0.25, 0.3) is 0 Å². The van der Waals surface area contributed by atoms with E-state index in [1.807, 2.05) is 19.9 Å². The third-order valence-corrected chi connectivity index (χ3v) is 3.54. The van der Waals surface area contributed by atoms with Crippen LogP contribution >= 0.6 is 24.0 Å². The van der Waals surface area contributed by atoms with Crippen molar-refractivity contribution in [3.8, 4) is 0 Å². The van der Waals surface area contributed by atoms with Crippen molar-refractivity contribution in [3.05, 3.63) is 46.9 Å². The van der Waals surface area contributed by atoms with Crippen LogP contribution in [0.1, 0.15) is 42.6 Å². The van der Waals surface area contributed by atoms with Crippen LogP contribution in [0.25, 0.3) is 0 Å². The molecule has 2 N–H and O–H groups in total. The molecule has 6 nitrogen and oxygen atoms in total. The molecule has 2 aromatic rings. The maximum absolute atomic E-state index is 13.3. The molecule has 0 amide bonds. The van der Waals surface area contributed by atoms with E-state index in [0.29, 0.717) is 36.9 Å². The van der Waals surface area contributed by atoms with E-state index >= 15 is 0 Å². The fraction of sp³-hybridized carbons (Fsp3) is 0.471. The van der Waals surface area contributed by atoms with E-state index in [0.717, 1.165) is 11.4 Å². The first-order chi connectivity index (χ1) is 11.5. The lowest BCUT2D eigenvalue weighted by Crippen LogP contribution is -2.37. The van der Waals surface area contributed by atoms with Gasteiger partial charge >= 0.3 is 0 Å². The van der Waals surface area contributed by atoms with E-state index < -0.39 is 0 Å². The molecule has 0 bridgehead atoms. The average Bonchev–Trinajstić information content (AvgIpc) is 3.03. The van der Waals surface area contributed by atoms with Crippen LogP contribution in [0.2, 0.25) is 0 Å². The molecule has 0 fully saturated rings. The predicted molar refractivity (Wildman–Crippen MR) is 107 cm³/mol. The van der Waals surface area contributed by atoms with Gasteiger partial charge in [-0.3, -0.25) is 4.99 Å². The number of benzene rings is 1. The summed E-state index contributed by atoms with van der Waals surface area (Å²) in [5.41, 5.74) is 1.63. The second kappa shape index (κ2) is 10.3. The lowest BCUT2D eigenvalue weighted by Gasteiger charge is -2.11. The minimum absolute atomic E-state index is 0. The van der Waals surface area contributed by atoms with Gasteiger partial charge in [-0.05, 0) is 24.1 Å². The van der Waals surface area contributed by atoms with Crippen molar-refractivity contribution < 1.29 is 8.91 Å². The molecule has 8 heteroatoms. The molecule has 138 valence electrons. The largest absolute Gasteiger partial charge is 0.356 e. The van der Waals surface area contributed by atoms with Gasteiger partial charge in [0, 0.05) is 32.5 Å². The second-order valence-electron chi connectivity index (χ2n) is 5.89. The lowest BCUT2D eigenvalue weighted by atomic mass is 10.1. The average molecular weight is 461 g/mol. The van der Waals surface area contributed by atoms with Crippen molar-refractivity contribution in [1.82, 2.24) is 20.8 Å². The van der Waals surface area contributed by atoms with Crippen molar-refractivity contribution in [3.63, 3.8) is 0 Å². The standard InChI is InChI=1S/C17H24FN5O.HI/c1-11(2)16-22-15(24-23-16)7-8-20-17(19-4)21-10-13-5-6-14(18)12(3)9-13;/h5-6,9,11H,7-8,10H2,1-4H3,(H2,19,20,21);1H. The summed E-state index contributed by atoms with van der Waals surface area (Å²) in [4.78, 5) is 8.49. The minimum atomic E-state index is -0.193. The van der Waals surface area contributed by atoms with Crippen LogP contribution in [-0.2, 0) is 13.0 Å². The quantitative estimate of drug-likeness (QED) is 0.393. The van der Waals surface area contributed by atoms with Crippen LogP contribution in [-0.4, -0.2) is 29.7 Å². The van der Waals surface area contributed by atoms with Crippen molar-refractivity contribution in [2.75, 3.05) is 13.6 Å². The zero-order valence-electron chi connectivity index (χ0n) is 15.0. The highest BCUT2D eigenvalue weighted by Crippen LogP contribution is 2.10. The van der Waals surface area contributed by atoms with Gasteiger partial charge in [0.2, 0.25) is 5.89 Å². The first-order valence-corrected chi connectivity index (χ1v) is 8.01. The minimum Gasteiger partial charge on any atom is -0.356 e. The molecule has 0 saturated heterocycles. The van der Waals surface area contributed by atoms with Crippen molar-refractivity contribution >= 4 is 29.9 Å². The molecule has 2 rings (SSSR count). The van der Waals surface area contributed by atoms with Crippen LogP contribution in [0.4, 0.5) is 4.39 Å². The van der Waals surface area contributed by atoms with Crippen molar-refractivity contribution in [1.29, 1.82) is 0 Å². The molecule has 0 aliphatic carbocycles. The summed E-state index contributed by atoms with van der Waals surface area (Å²) >= 11 is 0. The normalized spacial score (nSPS) is 11.4. The van der Waals surface area contributed by atoms with Crippen LogP contribution in [0.15, 0.2) is 27.7 Å². The Morgan fingerprint density at radius 1 is 1.32 bits per heavy atom. The maximum atomic E-state index is 13.3. The molecule has 0 unspecified atom stereocenters. The van der Waals surface area contributed by atoms with E-state index in [4.69, 9.17) is 4.52 Å². The van der Waals surface area contributed by atoms with E-state index in [1.165, 1.54) is 6.07 Å². The SMILES string of the molecule is CN=C(NCCc1nc(C(C)C)no1)NCc1ccc(F)c(C)c1.I. The topological polar surface area (TPSA) is 75.3 Å². The van der Waals surface area contributed by atoms with E-state index in [9.17, 15) is 4.39 Å². The number of hydrogen-bond donors (Lipinski definition) is 2. The Labute approximate surface area is 164 Å². The van der Waals surface area contributed by atoms with E-state index in [2.05, 4.69) is 25.8 Å². The maximum Gasteiger partial charge on any atom is 0.228 e. The molecule has 0 spiro atoms. The predicted octanol–water partition coefficient (Wildman–Crippen LogP) is 3.17. The Morgan fingerprint density at radius 2 is 2.08 bits per heavy atom. The Balaban J connectivity index is 0.00000312. The monoisotopic (exact) mass is 461 g/mol. The highest BCUT2D eigenvalue weighted by molar-refractivity contribution is 14.0. The molecule has 1 aromatic heterocycles. The van der Waals surface area contributed by atoms with Gasteiger partial charge in [-0.1, -0.05) is 31.1 Å². The number of nitrogens with zero attached hydrogens (tertiary/aromatic N) is 3. The van der Waals surface area contributed by atoms with E-state index in [-0.39, 0.29) is 35.7 Å². The second-order valence-corrected chi connectivity index (χ2v) is 5.89. The Kier molecular flexibility index (Phi) is 8.81. The molecular weight excluding hydrogens is 436 g/mol. The number of aliphatic imine (C=N–C) groups is 1. The summed E-state index contributed by atoms with van der Waals surface area (Å²) in [7, 11) is 1.70. The van der Waals surface area contributed by atoms with Gasteiger partial charge < -0.3 is 15.2 Å². The number of aryl methyl sites for hydroxylation is 1. The highest BCUT2D eigenvalue weighted by atomic mass is 127. The molecule has 0 saturated carbocycles. The third kappa shape index (κ3) is 6.60. The Hall–Kier alpha value is -1.71. The molecular formula is C17H25FIN5O. The smallest absolute Gasteiger partial charge is 0.228 e. The molecule has 1 aromatic carbocycles. The van der Waals surface area contributed by atoms with Crippen molar-refractivity contribution in [2.45, 2.75) is 39.7 Å². The van der Waals surface area contributed by atoms with Gasteiger partial charge in [0.05, 0.1) is 0 Å². The Bertz CT molecular complexity index is 702. The van der Waals surface area contributed by atoms with Gasteiger partial charge in [-0.15, -0.1) is 24.0 Å². The van der Waals surface area contributed by atoms with Gasteiger partial charge in [-0.2, -0.15) is 4.98 Å². The first-order valence-electron chi connectivity index (χ1n) is 8.01. The molecule has 0 aliphatic rings. The fourth-order valence-electron chi connectivity index (χ4n) is 2.12. The fourth-order valence-corrected chi connectivity index (χ4v) is 2.12. The van der Waals surface area contributed by atoms with Crippen molar-refractivity contribution in [2.24, 2.45) is 4.99 Å². The number of guanidine groups is 1. The van der Waals surface area contributed by atoms with Crippen LogP contribution < -0.4 is 10.6 Å². The number of hydrogen-bond acceptors (Lipinski definition) is 4. The van der Waals surface area contributed by atoms with Crippen LogP contribution in [0.5, 0.6) is 0 Å². The first kappa shape index (κ1) is 21.3. The number of aromatic nitrogens is 2. The van der Waals surface area contributed by atoms with Gasteiger partial charge in [0.1, 0.15) is 5.82 Å². The summed E-state index contributed by atoms with van der Waals surface area (Å²) in [5, 5.41) is 10.3. The van der Waals surface area contributed by atoms with Gasteiger partial charge in [-0.25, -0.2) is 4.39 Å². The summed E-state index contributed by atoms with van der Waals surface area (Å²) in [6.07, 6.45) is 0.621. The van der Waals surface area contributed by atoms with Gasteiger partial charge in [0.15, 0.2) is 11.8 Å². The highest BCUT2D eigenvalue weighted by Gasteiger charge is 2.09. The molecule has 25 heavy (non-hydrogen) atoms. The van der Waals surface area contributed by atoms with Crippen LogP contribution in [0.3, 0.4) is 0 Å². The zero-order chi connectivity index (χ0) is 17.5. The number of nitrogens with one attached hydrogen (secondary N) is 2. The summed E-state index contributed by atoms with van der Waals surface area (Å²) in [6, 6.07) is 5.06. The van der Waals surface area contributed by atoms with E-state index in [1.54, 1.807) is 20.0 Å². The summed E-state index contributed by atoms with van der Waals surface area (Å²) in [5.74, 6) is 2.06. The third-order valence-electron chi connectivity index (χ3n) is 3.54. The van der Waals surface area contributed by atoms with Crippen LogP contribution in [0, 0.1) is 12.7 Å². The molecule has 0 atom stereocenters. The number of rotatable bonds is 6. The summed E-state index contributed by atoms with van der Waals surface area (Å²) < 4.78 is 18.5. The molecule has 1 heterocycles. The lowest BCUT2D eigenvalue weighted by molar-refractivity contribution is 0.371. The molecule has 0 aliphatic heterocycles. The number of halogens is 2. The summed E-state index contributed by atoms with van der Waals surface area (Å²) in [6.45, 7) is 6.99.